The molecule has 0 fully saturated rings. The van der Waals surface area contributed by atoms with Gasteiger partial charge in [-0.2, -0.15) is 0 Å². The second-order valence-corrected chi connectivity index (χ2v) is 6.67. The van der Waals surface area contributed by atoms with Crippen LogP contribution < -0.4 is 5.32 Å². The quantitative estimate of drug-likeness (QED) is 0.891. The highest BCUT2D eigenvalue weighted by molar-refractivity contribution is 9.10. The summed E-state index contributed by atoms with van der Waals surface area (Å²) in [4.78, 5) is 12.3. The first-order chi connectivity index (χ1) is 8.77. The van der Waals surface area contributed by atoms with E-state index in [1.165, 1.54) is 0 Å². The van der Waals surface area contributed by atoms with Crippen LogP contribution in [0, 0.1) is 12.3 Å². The maximum absolute atomic E-state index is 12.3. The zero-order valence-corrected chi connectivity index (χ0v) is 13.5. The second kappa shape index (κ2) is 6.53. The number of carbonyl (C=O) groups excluding carboxylic acids is 1. The topological polar surface area (TPSA) is 49.3 Å². The summed E-state index contributed by atoms with van der Waals surface area (Å²) >= 11 is 3.43. The summed E-state index contributed by atoms with van der Waals surface area (Å²) < 4.78 is 0.926. The number of hydrogen-bond acceptors (Lipinski definition) is 2. The Kier molecular flexibility index (Phi) is 5.56. The largest absolute Gasteiger partial charge is 0.396 e. The van der Waals surface area contributed by atoms with Gasteiger partial charge in [-0.25, -0.2) is 0 Å². The number of nitrogens with one attached hydrogen (secondary N) is 1. The van der Waals surface area contributed by atoms with Crippen LogP contribution in [-0.4, -0.2) is 23.7 Å². The van der Waals surface area contributed by atoms with E-state index in [9.17, 15) is 4.79 Å². The van der Waals surface area contributed by atoms with E-state index < -0.39 is 0 Å². The highest BCUT2D eigenvalue weighted by Crippen LogP contribution is 2.23. The molecule has 0 aliphatic heterocycles. The van der Waals surface area contributed by atoms with Crippen molar-refractivity contribution in [1.29, 1.82) is 0 Å². The maximum Gasteiger partial charge on any atom is 0.251 e. The van der Waals surface area contributed by atoms with E-state index in [2.05, 4.69) is 42.0 Å². The Morgan fingerprint density at radius 1 is 1.42 bits per heavy atom. The summed E-state index contributed by atoms with van der Waals surface area (Å²) in [6, 6.07) is 5.53. The molecule has 0 spiro atoms. The van der Waals surface area contributed by atoms with Gasteiger partial charge in [-0.15, -0.1) is 0 Å². The molecular formula is C15H22BrNO2. The van der Waals surface area contributed by atoms with Gasteiger partial charge in [-0.3, -0.25) is 4.79 Å². The number of amides is 1. The fourth-order valence-corrected chi connectivity index (χ4v) is 2.31. The molecule has 0 saturated heterocycles. The van der Waals surface area contributed by atoms with Crippen LogP contribution in [-0.2, 0) is 0 Å². The number of aliphatic hydroxyl groups excluding tert-OH is 1. The number of hydrogen-bond donors (Lipinski definition) is 2. The Bertz CT molecular complexity index is 452. The molecule has 19 heavy (non-hydrogen) atoms. The molecule has 0 aliphatic rings. The van der Waals surface area contributed by atoms with Crippen molar-refractivity contribution in [3.05, 3.63) is 33.8 Å². The molecule has 2 N–H and O–H groups in total. The van der Waals surface area contributed by atoms with Crippen molar-refractivity contribution in [3.63, 3.8) is 0 Å². The van der Waals surface area contributed by atoms with E-state index in [4.69, 9.17) is 5.11 Å². The standard InChI is InChI=1S/C15H22BrNO2/c1-10-11(6-5-7-12(10)16)14(19)17-13(8-9-18)15(2,3)4/h5-7,13,18H,8-9H2,1-4H3,(H,17,19). The molecule has 1 aromatic carbocycles. The third-order valence-electron chi connectivity index (χ3n) is 3.28. The number of halogens is 1. The lowest BCUT2D eigenvalue weighted by Crippen LogP contribution is -2.44. The van der Waals surface area contributed by atoms with Crippen LogP contribution in [0.25, 0.3) is 0 Å². The van der Waals surface area contributed by atoms with Crippen LogP contribution in [0.4, 0.5) is 0 Å². The predicted molar refractivity (Wildman–Crippen MR) is 81.3 cm³/mol. The highest BCUT2D eigenvalue weighted by Gasteiger charge is 2.26. The lowest BCUT2D eigenvalue weighted by molar-refractivity contribution is 0.0884. The van der Waals surface area contributed by atoms with Gasteiger partial charge in [0.15, 0.2) is 0 Å². The Labute approximate surface area is 123 Å². The molecule has 0 heterocycles. The third kappa shape index (κ3) is 4.32. The molecular weight excluding hydrogens is 306 g/mol. The van der Waals surface area contributed by atoms with Gasteiger partial charge in [0.05, 0.1) is 0 Å². The first-order valence-electron chi connectivity index (χ1n) is 6.44. The third-order valence-corrected chi connectivity index (χ3v) is 4.14. The van der Waals surface area contributed by atoms with Crippen molar-refractivity contribution in [2.75, 3.05) is 6.61 Å². The molecule has 0 radical (unpaired) electrons. The second-order valence-electron chi connectivity index (χ2n) is 5.82. The lowest BCUT2D eigenvalue weighted by Gasteiger charge is -2.31. The van der Waals surface area contributed by atoms with Gasteiger partial charge in [-0.05, 0) is 36.5 Å². The molecule has 0 aliphatic carbocycles. The summed E-state index contributed by atoms with van der Waals surface area (Å²) in [5, 5.41) is 12.1. The molecule has 1 amide bonds. The molecule has 0 aromatic heterocycles. The minimum Gasteiger partial charge on any atom is -0.396 e. The summed E-state index contributed by atoms with van der Waals surface area (Å²) in [5.74, 6) is -0.0906. The average molecular weight is 328 g/mol. The van der Waals surface area contributed by atoms with E-state index in [1.54, 1.807) is 0 Å². The molecule has 0 saturated carbocycles. The minimum atomic E-state index is -0.0906. The molecule has 1 aromatic rings. The molecule has 1 unspecified atom stereocenters. The minimum absolute atomic E-state index is 0.0524. The molecule has 3 nitrogen and oxygen atoms in total. The fraction of sp³-hybridized carbons (Fsp3) is 0.533. The first kappa shape index (κ1) is 16.2. The highest BCUT2D eigenvalue weighted by atomic mass is 79.9. The maximum atomic E-state index is 12.3. The molecule has 1 atom stereocenters. The fourth-order valence-electron chi connectivity index (χ4n) is 1.94. The first-order valence-corrected chi connectivity index (χ1v) is 7.23. The lowest BCUT2D eigenvalue weighted by atomic mass is 9.84. The van der Waals surface area contributed by atoms with E-state index in [0.717, 1.165) is 10.0 Å². The van der Waals surface area contributed by atoms with Gasteiger partial charge >= 0.3 is 0 Å². The molecule has 1 rings (SSSR count). The van der Waals surface area contributed by atoms with Gasteiger partial charge in [0, 0.05) is 22.7 Å². The van der Waals surface area contributed by atoms with Crippen LogP contribution in [0.5, 0.6) is 0 Å². The van der Waals surface area contributed by atoms with E-state index in [1.807, 2.05) is 25.1 Å². The van der Waals surface area contributed by atoms with Crippen molar-refractivity contribution < 1.29 is 9.90 Å². The number of aliphatic hydroxyl groups is 1. The molecule has 0 bridgehead atoms. The summed E-state index contributed by atoms with van der Waals surface area (Å²) in [7, 11) is 0. The Balaban J connectivity index is 2.91. The van der Waals surface area contributed by atoms with Crippen molar-refractivity contribution in [2.45, 2.75) is 40.2 Å². The zero-order chi connectivity index (χ0) is 14.6. The van der Waals surface area contributed by atoms with Crippen molar-refractivity contribution in [2.24, 2.45) is 5.41 Å². The summed E-state index contributed by atoms with van der Waals surface area (Å²) in [6.07, 6.45) is 0.558. The average Bonchev–Trinajstić information content (AvgIpc) is 2.30. The number of carbonyl (C=O) groups is 1. The number of benzene rings is 1. The van der Waals surface area contributed by atoms with Gasteiger partial charge in [-0.1, -0.05) is 42.8 Å². The van der Waals surface area contributed by atoms with Crippen molar-refractivity contribution in [1.82, 2.24) is 5.32 Å². The van der Waals surface area contributed by atoms with Crippen LogP contribution in [0.3, 0.4) is 0 Å². The molecule has 106 valence electrons. The summed E-state index contributed by atoms with van der Waals surface area (Å²) in [5.41, 5.74) is 1.51. The smallest absolute Gasteiger partial charge is 0.251 e. The summed E-state index contributed by atoms with van der Waals surface area (Å²) in [6.45, 7) is 8.15. The van der Waals surface area contributed by atoms with Crippen LogP contribution >= 0.6 is 15.9 Å². The SMILES string of the molecule is Cc1c(Br)cccc1C(=O)NC(CCO)C(C)(C)C. The van der Waals surface area contributed by atoms with E-state index in [-0.39, 0.29) is 24.0 Å². The van der Waals surface area contributed by atoms with E-state index >= 15 is 0 Å². The Hall–Kier alpha value is -0.870. The Morgan fingerprint density at radius 2 is 2.05 bits per heavy atom. The Morgan fingerprint density at radius 3 is 2.58 bits per heavy atom. The van der Waals surface area contributed by atoms with Crippen LogP contribution in [0.15, 0.2) is 22.7 Å². The zero-order valence-electron chi connectivity index (χ0n) is 12.0. The van der Waals surface area contributed by atoms with Crippen molar-refractivity contribution >= 4 is 21.8 Å². The van der Waals surface area contributed by atoms with Gasteiger partial charge in [0.1, 0.15) is 0 Å². The van der Waals surface area contributed by atoms with Gasteiger partial charge in [0.2, 0.25) is 0 Å². The van der Waals surface area contributed by atoms with Crippen LogP contribution in [0.1, 0.15) is 43.1 Å². The van der Waals surface area contributed by atoms with Crippen LogP contribution in [0.2, 0.25) is 0 Å². The normalized spacial score (nSPS) is 13.2. The van der Waals surface area contributed by atoms with Gasteiger partial charge in [0.25, 0.3) is 5.91 Å². The van der Waals surface area contributed by atoms with Crippen molar-refractivity contribution in [3.8, 4) is 0 Å². The van der Waals surface area contributed by atoms with Gasteiger partial charge < -0.3 is 10.4 Å². The monoisotopic (exact) mass is 327 g/mol. The predicted octanol–water partition coefficient (Wildman–Crippen LogP) is 3.28. The molecule has 4 heteroatoms. The number of rotatable bonds is 4. The van der Waals surface area contributed by atoms with E-state index in [0.29, 0.717) is 12.0 Å².